The lowest BCUT2D eigenvalue weighted by molar-refractivity contribution is 0.322. The van der Waals surface area contributed by atoms with Gasteiger partial charge in [-0.3, -0.25) is 4.99 Å². The van der Waals surface area contributed by atoms with Gasteiger partial charge < -0.3 is 20.1 Å². The third kappa shape index (κ3) is 7.51. The summed E-state index contributed by atoms with van der Waals surface area (Å²) in [5, 5.41) is 6.56. The number of hydrogen-bond acceptors (Lipinski definition) is 3. The zero-order valence-electron chi connectivity index (χ0n) is 15.6. The highest BCUT2D eigenvalue weighted by Crippen LogP contribution is 2.18. The molecule has 0 aliphatic carbocycles. The predicted molar refractivity (Wildman–Crippen MR) is 118 cm³/mol. The molecule has 0 aliphatic rings. The second kappa shape index (κ2) is 12.4. The maximum atomic E-state index is 5.65. The van der Waals surface area contributed by atoms with Gasteiger partial charge in [-0.25, -0.2) is 0 Å². The van der Waals surface area contributed by atoms with Gasteiger partial charge in [0.1, 0.15) is 18.1 Å². The number of para-hydroxylation sites is 1. The number of halogens is 1. The number of methoxy groups -OCH3 is 1. The van der Waals surface area contributed by atoms with E-state index in [-0.39, 0.29) is 24.0 Å². The van der Waals surface area contributed by atoms with Crippen LogP contribution in [0.1, 0.15) is 11.1 Å². The Hall–Kier alpha value is -1.96. The zero-order chi connectivity index (χ0) is 17.9. The van der Waals surface area contributed by atoms with E-state index < -0.39 is 0 Å². The number of nitrogens with one attached hydrogen (secondary N) is 2. The first-order chi connectivity index (χ1) is 12.2. The summed E-state index contributed by atoms with van der Waals surface area (Å²) in [6, 6.07) is 16.1. The molecular weight excluding hydrogens is 441 g/mol. The molecule has 142 valence electrons. The Kier molecular flexibility index (Phi) is 10.5. The lowest BCUT2D eigenvalue weighted by atomic mass is 10.1. The van der Waals surface area contributed by atoms with Crippen LogP contribution in [0, 0.1) is 6.92 Å². The molecule has 0 radical (unpaired) electrons. The van der Waals surface area contributed by atoms with Crippen molar-refractivity contribution in [2.45, 2.75) is 13.3 Å². The van der Waals surface area contributed by atoms with Crippen molar-refractivity contribution in [3.05, 3.63) is 59.7 Å². The standard InChI is InChI=1S/C20H27N3O2.HI/c1-16-9-10-17(15-19(16)24-3)11-12-22-20(21-2)23-13-14-25-18-7-5-4-6-8-18;/h4-10,15H,11-14H2,1-3H3,(H2,21,22,23);1H. The van der Waals surface area contributed by atoms with Crippen LogP contribution >= 0.6 is 24.0 Å². The maximum absolute atomic E-state index is 5.65. The first kappa shape index (κ1) is 22.1. The molecule has 0 heterocycles. The van der Waals surface area contributed by atoms with Gasteiger partial charge in [0.15, 0.2) is 5.96 Å². The summed E-state index contributed by atoms with van der Waals surface area (Å²) >= 11 is 0. The lowest BCUT2D eigenvalue weighted by Crippen LogP contribution is -2.40. The lowest BCUT2D eigenvalue weighted by Gasteiger charge is -2.13. The van der Waals surface area contributed by atoms with Gasteiger partial charge in [-0.15, -0.1) is 24.0 Å². The summed E-state index contributed by atoms with van der Waals surface area (Å²) in [4.78, 5) is 4.23. The smallest absolute Gasteiger partial charge is 0.191 e. The van der Waals surface area contributed by atoms with Gasteiger partial charge in [0, 0.05) is 13.6 Å². The molecule has 5 nitrogen and oxygen atoms in total. The maximum Gasteiger partial charge on any atom is 0.191 e. The summed E-state index contributed by atoms with van der Waals surface area (Å²) < 4.78 is 11.0. The van der Waals surface area contributed by atoms with Crippen molar-refractivity contribution in [2.75, 3.05) is 33.9 Å². The number of aryl methyl sites for hydroxylation is 1. The van der Waals surface area contributed by atoms with Crippen LogP contribution in [0.25, 0.3) is 0 Å². The van der Waals surface area contributed by atoms with Crippen molar-refractivity contribution in [2.24, 2.45) is 4.99 Å². The van der Waals surface area contributed by atoms with E-state index in [2.05, 4.69) is 33.8 Å². The fourth-order valence-electron chi connectivity index (χ4n) is 2.42. The Morgan fingerprint density at radius 2 is 1.77 bits per heavy atom. The van der Waals surface area contributed by atoms with E-state index in [1.165, 1.54) is 5.56 Å². The molecule has 0 fully saturated rings. The van der Waals surface area contributed by atoms with Gasteiger partial charge in [-0.2, -0.15) is 0 Å². The number of nitrogens with zero attached hydrogens (tertiary/aromatic N) is 1. The molecule has 2 aromatic rings. The highest BCUT2D eigenvalue weighted by molar-refractivity contribution is 14.0. The minimum Gasteiger partial charge on any atom is -0.496 e. The van der Waals surface area contributed by atoms with Crippen LogP contribution in [0.4, 0.5) is 0 Å². The van der Waals surface area contributed by atoms with Crippen molar-refractivity contribution < 1.29 is 9.47 Å². The van der Waals surface area contributed by atoms with Gasteiger partial charge in [-0.05, 0) is 42.7 Å². The summed E-state index contributed by atoms with van der Waals surface area (Å²) in [5.74, 6) is 2.58. The molecular formula is C20H28IN3O2. The van der Waals surface area contributed by atoms with Gasteiger partial charge in [0.05, 0.1) is 13.7 Å². The monoisotopic (exact) mass is 469 g/mol. The molecule has 2 N–H and O–H groups in total. The molecule has 0 spiro atoms. The fourth-order valence-corrected chi connectivity index (χ4v) is 2.42. The topological polar surface area (TPSA) is 54.9 Å². The first-order valence-electron chi connectivity index (χ1n) is 8.49. The van der Waals surface area contributed by atoms with E-state index in [0.717, 1.165) is 36.0 Å². The van der Waals surface area contributed by atoms with Crippen molar-refractivity contribution >= 4 is 29.9 Å². The minimum atomic E-state index is 0. The molecule has 2 aromatic carbocycles. The molecule has 6 heteroatoms. The fraction of sp³-hybridized carbons (Fsp3) is 0.350. The molecule has 0 amide bonds. The van der Waals surface area contributed by atoms with E-state index >= 15 is 0 Å². The predicted octanol–water partition coefficient (Wildman–Crippen LogP) is 3.41. The number of hydrogen-bond donors (Lipinski definition) is 2. The van der Waals surface area contributed by atoms with E-state index in [9.17, 15) is 0 Å². The second-order valence-electron chi connectivity index (χ2n) is 5.64. The largest absolute Gasteiger partial charge is 0.496 e. The Bertz CT molecular complexity index is 678. The molecule has 0 bridgehead atoms. The van der Waals surface area contributed by atoms with Crippen molar-refractivity contribution in [3.63, 3.8) is 0 Å². The average Bonchev–Trinajstić information content (AvgIpc) is 2.65. The number of guanidine groups is 1. The molecule has 0 saturated heterocycles. The average molecular weight is 469 g/mol. The van der Waals surface area contributed by atoms with Crippen LogP contribution in [-0.4, -0.2) is 39.8 Å². The summed E-state index contributed by atoms with van der Waals surface area (Å²) in [5.41, 5.74) is 2.38. The van der Waals surface area contributed by atoms with E-state index in [4.69, 9.17) is 9.47 Å². The molecule has 2 rings (SSSR count). The Morgan fingerprint density at radius 1 is 1.04 bits per heavy atom. The minimum absolute atomic E-state index is 0. The Labute approximate surface area is 173 Å². The van der Waals surface area contributed by atoms with Crippen molar-refractivity contribution in [1.82, 2.24) is 10.6 Å². The highest BCUT2D eigenvalue weighted by Gasteiger charge is 2.02. The van der Waals surface area contributed by atoms with Crippen LogP contribution < -0.4 is 20.1 Å². The highest BCUT2D eigenvalue weighted by atomic mass is 127. The van der Waals surface area contributed by atoms with E-state index in [0.29, 0.717) is 13.2 Å². The van der Waals surface area contributed by atoms with Crippen LogP contribution in [0.5, 0.6) is 11.5 Å². The van der Waals surface area contributed by atoms with Crippen LogP contribution in [-0.2, 0) is 6.42 Å². The Morgan fingerprint density at radius 3 is 2.46 bits per heavy atom. The second-order valence-corrected chi connectivity index (χ2v) is 5.64. The molecule has 0 unspecified atom stereocenters. The third-order valence-corrected chi connectivity index (χ3v) is 3.81. The normalized spacial score (nSPS) is 10.7. The number of aliphatic imine (C=N–C) groups is 1. The summed E-state index contributed by atoms with van der Waals surface area (Å²) in [6.07, 6.45) is 0.901. The third-order valence-electron chi connectivity index (χ3n) is 3.81. The molecule has 0 aliphatic heterocycles. The molecule has 0 aromatic heterocycles. The number of benzene rings is 2. The number of ether oxygens (including phenoxy) is 2. The zero-order valence-corrected chi connectivity index (χ0v) is 17.9. The van der Waals surface area contributed by atoms with Gasteiger partial charge >= 0.3 is 0 Å². The first-order valence-corrected chi connectivity index (χ1v) is 8.49. The van der Waals surface area contributed by atoms with Crippen molar-refractivity contribution in [3.8, 4) is 11.5 Å². The van der Waals surface area contributed by atoms with E-state index in [1.54, 1.807) is 14.2 Å². The summed E-state index contributed by atoms with van der Waals surface area (Å²) in [6.45, 7) is 4.11. The molecule has 0 saturated carbocycles. The molecule has 0 atom stereocenters. The SMILES string of the molecule is CN=C(NCCOc1ccccc1)NCCc1ccc(C)c(OC)c1.I. The van der Waals surface area contributed by atoms with Crippen LogP contribution in [0.2, 0.25) is 0 Å². The quantitative estimate of drug-likeness (QED) is 0.269. The van der Waals surface area contributed by atoms with E-state index in [1.807, 2.05) is 37.3 Å². The van der Waals surface area contributed by atoms with Crippen LogP contribution in [0.15, 0.2) is 53.5 Å². The molecule has 26 heavy (non-hydrogen) atoms. The van der Waals surface area contributed by atoms with Gasteiger partial charge in [-0.1, -0.05) is 30.3 Å². The van der Waals surface area contributed by atoms with Crippen molar-refractivity contribution in [1.29, 1.82) is 0 Å². The summed E-state index contributed by atoms with van der Waals surface area (Å²) in [7, 11) is 3.47. The number of rotatable bonds is 8. The van der Waals surface area contributed by atoms with Gasteiger partial charge in [0.2, 0.25) is 0 Å². The van der Waals surface area contributed by atoms with Gasteiger partial charge in [0.25, 0.3) is 0 Å². The Balaban J connectivity index is 0.00000338. The van der Waals surface area contributed by atoms with Crippen LogP contribution in [0.3, 0.4) is 0 Å².